The number of nitrogens with one attached hydrogen (secondary N) is 2. The summed E-state index contributed by atoms with van der Waals surface area (Å²) < 4.78 is 0. The van der Waals surface area contributed by atoms with Gasteiger partial charge >= 0.3 is 0 Å². The molecule has 0 heterocycles. The fourth-order valence-corrected chi connectivity index (χ4v) is 3.70. The maximum Gasteiger partial charge on any atom is 0.234 e. The monoisotopic (exact) mass is 336 g/mol. The van der Waals surface area contributed by atoms with E-state index >= 15 is 0 Å². The van der Waals surface area contributed by atoms with Crippen molar-refractivity contribution in [2.45, 2.75) is 44.7 Å². The molecule has 0 aliphatic heterocycles. The number of carbonyl (C=O) groups is 1. The molecule has 25 heavy (non-hydrogen) atoms. The standard InChI is InChI=1S/C22H28N2O/c1-17-10-8-9-15-20(17)24-21(25)16-23-22(18-11-4-2-5-12-18)19-13-6-3-7-14-19/h2-7,11-14,17,20,22-23H,8-10,15-16H2,1H3,(H,24,25)/t17-,20-/m1/s1. The highest BCUT2D eigenvalue weighted by atomic mass is 16.2. The van der Waals surface area contributed by atoms with Crippen LogP contribution in [0.5, 0.6) is 0 Å². The molecule has 2 aromatic carbocycles. The zero-order valence-electron chi connectivity index (χ0n) is 14.9. The summed E-state index contributed by atoms with van der Waals surface area (Å²) in [4.78, 5) is 12.5. The summed E-state index contributed by atoms with van der Waals surface area (Å²) in [6, 6.07) is 21.0. The van der Waals surface area contributed by atoms with Crippen molar-refractivity contribution in [2.75, 3.05) is 6.54 Å². The van der Waals surface area contributed by atoms with Crippen molar-refractivity contribution in [1.82, 2.24) is 10.6 Å². The Hall–Kier alpha value is -2.13. The van der Waals surface area contributed by atoms with Gasteiger partial charge in [0.05, 0.1) is 12.6 Å². The smallest absolute Gasteiger partial charge is 0.234 e. The second-order valence-electron chi connectivity index (χ2n) is 7.07. The van der Waals surface area contributed by atoms with E-state index in [0.29, 0.717) is 18.5 Å². The van der Waals surface area contributed by atoms with Crippen molar-refractivity contribution in [3.05, 3.63) is 71.8 Å². The van der Waals surface area contributed by atoms with Gasteiger partial charge in [0.25, 0.3) is 0 Å². The van der Waals surface area contributed by atoms with E-state index in [-0.39, 0.29) is 11.9 Å². The zero-order chi connectivity index (χ0) is 17.5. The van der Waals surface area contributed by atoms with Gasteiger partial charge in [-0.3, -0.25) is 10.1 Å². The molecule has 132 valence electrons. The second-order valence-corrected chi connectivity index (χ2v) is 7.07. The first-order valence-corrected chi connectivity index (χ1v) is 9.36. The van der Waals surface area contributed by atoms with Crippen LogP contribution < -0.4 is 10.6 Å². The first-order valence-electron chi connectivity index (χ1n) is 9.36. The van der Waals surface area contributed by atoms with Crippen LogP contribution in [0.25, 0.3) is 0 Å². The molecule has 0 bridgehead atoms. The molecule has 3 heteroatoms. The molecule has 1 saturated carbocycles. The summed E-state index contributed by atoms with van der Waals surface area (Å²) in [7, 11) is 0. The number of carbonyl (C=O) groups excluding carboxylic acids is 1. The first kappa shape index (κ1) is 17.7. The minimum Gasteiger partial charge on any atom is -0.352 e. The van der Waals surface area contributed by atoms with Gasteiger partial charge in [0.1, 0.15) is 0 Å². The molecular weight excluding hydrogens is 308 g/mol. The maximum atomic E-state index is 12.5. The van der Waals surface area contributed by atoms with Gasteiger partial charge in [-0.25, -0.2) is 0 Å². The van der Waals surface area contributed by atoms with Crippen LogP contribution in [0, 0.1) is 5.92 Å². The lowest BCUT2D eigenvalue weighted by Gasteiger charge is -2.30. The van der Waals surface area contributed by atoms with E-state index in [2.05, 4.69) is 41.8 Å². The average Bonchev–Trinajstić information content (AvgIpc) is 2.66. The molecule has 0 spiro atoms. The Balaban J connectivity index is 1.64. The molecule has 2 N–H and O–H groups in total. The molecule has 1 aliphatic carbocycles. The highest BCUT2D eigenvalue weighted by Gasteiger charge is 2.23. The van der Waals surface area contributed by atoms with Crippen molar-refractivity contribution in [2.24, 2.45) is 5.92 Å². The Kier molecular flexibility index (Phi) is 6.24. The third-order valence-electron chi connectivity index (χ3n) is 5.19. The van der Waals surface area contributed by atoms with E-state index in [9.17, 15) is 4.79 Å². The van der Waals surface area contributed by atoms with Gasteiger partial charge in [0.15, 0.2) is 0 Å². The number of amides is 1. The summed E-state index contributed by atoms with van der Waals surface area (Å²) in [6.07, 6.45) is 4.83. The van der Waals surface area contributed by atoms with Crippen LogP contribution in [0.3, 0.4) is 0 Å². The van der Waals surface area contributed by atoms with Gasteiger partial charge in [-0.15, -0.1) is 0 Å². The lowest BCUT2D eigenvalue weighted by molar-refractivity contribution is -0.121. The van der Waals surface area contributed by atoms with E-state index in [1.54, 1.807) is 0 Å². The molecule has 2 atom stereocenters. The summed E-state index contributed by atoms with van der Waals surface area (Å²) in [5.74, 6) is 0.673. The van der Waals surface area contributed by atoms with Crippen LogP contribution in [0.2, 0.25) is 0 Å². The van der Waals surface area contributed by atoms with Crippen LogP contribution >= 0.6 is 0 Å². The normalized spacial score (nSPS) is 20.4. The van der Waals surface area contributed by atoms with E-state index in [1.165, 1.54) is 30.4 Å². The quantitative estimate of drug-likeness (QED) is 0.835. The first-order chi connectivity index (χ1) is 12.2. The average molecular weight is 336 g/mol. The topological polar surface area (TPSA) is 41.1 Å². The number of benzene rings is 2. The molecular formula is C22H28N2O. The molecule has 0 radical (unpaired) electrons. The van der Waals surface area contributed by atoms with Gasteiger partial charge in [0.2, 0.25) is 5.91 Å². The van der Waals surface area contributed by atoms with E-state index in [1.807, 2.05) is 36.4 Å². The summed E-state index contributed by atoms with van der Waals surface area (Å²) in [6.45, 7) is 2.58. The summed E-state index contributed by atoms with van der Waals surface area (Å²) in [5, 5.41) is 6.67. The Morgan fingerprint density at radius 2 is 1.52 bits per heavy atom. The minimum atomic E-state index is 0.0249. The predicted molar refractivity (Wildman–Crippen MR) is 102 cm³/mol. The Morgan fingerprint density at radius 1 is 0.960 bits per heavy atom. The summed E-state index contributed by atoms with van der Waals surface area (Å²) in [5.41, 5.74) is 2.35. The van der Waals surface area contributed by atoms with Crippen molar-refractivity contribution < 1.29 is 4.79 Å². The summed E-state index contributed by atoms with van der Waals surface area (Å²) >= 11 is 0. The van der Waals surface area contributed by atoms with Gasteiger partial charge in [0, 0.05) is 6.04 Å². The highest BCUT2D eigenvalue weighted by Crippen LogP contribution is 2.24. The lowest BCUT2D eigenvalue weighted by atomic mass is 9.86. The van der Waals surface area contributed by atoms with Crippen molar-refractivity contribution in [1.29, 1.82) is 0 Å². The van der Waals surface area contributed by atoms with E-state index < -0.39 is 0 Å². The molecule has 1 aliphatic rings. The fraction of sp³-hybridized carbons (Fsp3) is 0.409. The molecule has 1 fully saturated rings. The van der Waals surface area contributed by atoms with E-state index in [0.717, 1.165) is 6.42 Å². The highest BCUT2D eigenvalue weighted by molar-refractivity contribution is 5.78. The third kappa shape index (κ3) is 4.93. The van der Waals surface area contributed by atoms with Crippen LogP contribution in [0.15, 0.2) is 60.7 Å². The number of rotatable bonds is 6. The van der Waals surface area contributed by atoms with Gasteiger partial charge < -0.3 is 5.32 Å². The Morgan fingerprint density at radius 3 is 2.08 bits per heavy atom. The number of hydrogen-bond donors (Lipinski definition) is 2. The van der Waals surface area contributed by atoms with Crippen molar-refractivity contribution in [3.63, 3.8) is 0 Å². The largest absolute Gasteiger partial charge is 0.352 e. The van der Waals surface area contributed by atoms with Gasteiger partial charge in [-0.2, -0.15) is 0 Å². The minimum absolute atomic E-state index is 0.0249. The number of hydrogen-bond acceptors (Lipinski definition) is 2. The molecule has 0 saturated heterocycles. The van der Waals surface area contributed by atoms with E-state index in [4.69, 9.17) is 0 Å². The van der Waals surface area contributed by atoms with Gasteiger partial charge in [-0.05, 0) is 29.9 Å². The molecule has 1 amide bonds. The maximum absolute atomic E-state index is 12.5. The fourth-order valence-electron chi connectivity index (χ4n) is 3.70. The van der Waals surface area contributed by atoms with Crippen LogP contribution in [0.4, 0.5) is 0 Å². The molecule has 0 unspecified atom stereocenters. The third-order valence-corrected chi connectivity index (χ3v) is 5.19. The molecule has 3 rings (SSSR count). The van der Waals surface area contributed by atoms with Gasteiger partial charge in [-0.1, -0.05) is 80.4 Å². The SMILES string of the molecule is C[C@@H]1CCCC[C@H]1NC(=O)CNC(c1ccccc1)c1ccccc1. The van der Waals surface area contributed by atoms with Crippen LogP contribution in [-0.2, 0) is 4.79 Å². The van der Waals surface area contributed by atoms with Crippen LogP contribution in [0.1, 0.15) is 49.8 Å². The Bertz CT molecular complexity index is 617. The van der Waals surface area contributed by atoms with Crippen LogP contribution in [-0.4, -0.2) is 18.5 Å². The van der Waals surface area contributed by atoms with Crippen molar-refractivity contribution >= 4 is 5.91 Å². The second kappa shape index (κ2) is 8.82. The lowest BCUT2D eigenvalue weighted by Crippen LogP contribution is -2.45. The molecule has 0 aromatic heterocycles. The Labute approximate surface area is 150 Å². The van der Waals surface area contributed by atoms with Crippen molar-refractivity contribution in [3.8, 4) is 0 Å². The molecule has 3 nitrogen and oxygen atoms in total. The predicted octanol–water partition coefficient (Wildman–Crippen LogP) is 4.06. The zero-order valence-corrected chi connectivity index (χ0v) is 14.9. The molecule has 2 aromatic rings.